The van der Waals surface area contributed by atoms with E-state index in [4.69, 9.17) is 19.4 Å². The molecule has 0 spiro atoms. The van der Waals surface area contributed by atoms with Crippen LogP contribution in [0.5, 0.6) is 0 Å². The third-order valence-corrected chi connectivity index (χ3v) is 5.06. The average molecular weight is 397 g/mol. The number of likely N-dealkylation sites (tertiary alicyclic amines) is 1. The number of ether oxygens (including phenoxy) is 2. The summed E-state index contributed by atoms with van der Waals surface area (Å²) >= 11 is 0. The van der Waals surface area contributed by atoms with Gasteiger partial charge in [-0.1, -0.05) is 0 Å². The predicted octanol–water partition coefficient (Wildman–Crippen LogP) is 0.582. The van der Waals surface area contributed by atoms with Crippen LogP contribution in [0.4, 0.5) is 18.0 Å². The Bertz CT molecular complexity index is 540. The number of urea groups is 1. The van der Waals surface area contributed by atoms with Gasteiger partial charge in [-0.05, 0) is 0 Å². The molecular formula is C16H26F3N3O5. The molecule has 3 fully saturated rings. The van der Waals surface area contributed by atoms with E-state index < -0.39 is 12.1 Å². The molecule has 11 heteroatoms. The largest absolute Gasteiger partial charge is 0.490 e. The molecule has 0 aliphatic carbocycles. The van der Waals surface area contributed by atoms with Gasteiger partial charge < -0.3 is 24.4 Å². The molecule has 2 atom stereocenters. The highest BCUT2D eigenvalue weighted by molar-refractivity contribution is 5.74. The Balaban J connectivity index is 0.000000321. The minimum atomic E-state index is -5.08. The molecule has 3 aliphatic heterocycles. The van der Waals surface area contributed by atoms with Crippen LogP contribution in [-0.2, 0) is 14.3 Å². The number of amides is 2. The molecule has 0 unspecified atom stereocenters. The third-order valence-electron chi connectivity index (χ3n) is 5.06. The number of nitrogens with zero attached hydrogens (tertiary/aromatic N) is 3. The maximum atomic E-state index is 12.2. The summed E-state index contributed by atoms with van der Waals surface area (Å²) in [6.45, 7) is 7.90. The van der Waals surface area contributed by atoms with Gasteiger partial charge in [0.05, 0.1) is 26.4 Å². The summed E-state index contributed by atoms with van der Waals surface area (Å²) in [5.74, 6) is -2.28. The number of rotatable bonds is 2. The number of alkyl halides is 3. The van der Waals surface area contributed by atoms with Crippen LogP contribution in [0.1, 0.15) is 0 Å². The molecule has 3 heterocycles. The van der Waals surface area contributed by atoms with Crippen molar-refractivity contribution in [3.63, 3.8) is 0 Å². The number of aliphatic carboxylic acids is 1. The fourth-order valence-corrected chi connectivity index (χ4v) is 3.69. The number of hydrogen-bond donors (Lipinski definition) is 1. The van der Waals surface area contributed by atoms with Gasteiger partial charge in [0.1, 0.15) is 0 Å². The zero-order valence-electron chi connectivity index (χ0n) is 15.5. The van der Waals surface area contributed by atoms with Gasteiger partial charge in [0.25, 0.3) is 0 Å². The third kappa shape index (κ3) is 5.45. The van der Waals surface area contributed by atoms with Gasteiger partial charge in [-0.3, -0.25) is 4.90 Å². The molecule has 1 N–H and O–H groups in total. The highest BCUT2D eigenvalue weighted by atomic mass is 19.4. The van der Waals surface area contributed by atoms with E-state index in [9.17, 15) is 18.0 Å². The molecule has 8 nitrogen and oxygen atoms in total. The van der Waals surface area contributed by atoms with Crippen molar-refractivity contribution in [2.45, 2.75) is 6.18 Å². The number of hydrogen-bond acceptors (Lipinski definition) is 5. The van der Waals surface area contributed by atoms with E-state index in [0.29, 0.717) is 5.92 Å². The van der Waals surface area contributed by atoms with Crippen LogP contribution >= 0.6 is 0 Å². The second kappa shape index (κ2) is 8.61. The lowest BCUT2D eigenvalue weighted by atomic mass is 9.80. The molecule has 0 bridgehead atoms. The summed E-state index contributed by atoms with van der Waals surface area (Å²) < 4.78 is 42.9. The van der Waals surface area contributed by atoms with Crippen LogP contribution in [0.15, 0.2) is 0 Å². The van der Waals surface area contributed by atoms with Crippen molar-refractivity contribution in [2.75, 3.05) is 73.2 Å². The van der Waals surface area contributed by atoms with Crippen molar-refractivity contribution in [3.05, 3.63) is 0 Å². The van der Waals surface area contributed by atoms with Gasteiger partial charge in [-0.15, -0.1) is 0 Å². The van der Waals surface area contributed by atoms with E-state index in [1.165, 1.54) is 0 Å². The van der Waals surface area contributed by atoms with Gasteiger partial charge in [0.15, 0.2) is 0 Å². The number of carbonyl (C=O) groups excluding carboxylic acids is 1. The van der Waals surface area contributed by atoms with Crippen LogP contribution in [-0.4, -0.2) is 111 Å². The van der Waals surface area contributed by atoms with Gasteiger partial charge in [0, 0.05) is 58.2 Å². The Hall–Kier alpha value is -1.59. The summed E-state index contributed by atoms with van der Waals surface area (Å²) in [5, 5.41) is 7.12. The lowest BCUT2D eigenvalue weighted by Crippen LogP contribution is -2.48. The highest BCUT2D eigenvalue weighted by Crippen LogP contribution is 2.42. The van der Waals surface area contributed by atoms with Gasteiger partial charge in [-0.2, -0.15) is 13.2 Å². The normalized spacial score (nSPS) is 28.3. The number of morpholine rings is 1. The molecule has 3 rings (SSSR count). The van der Waals surface area contributed by atoms with Crippen molar-refractivity contribution in [3.8, 4) is 0 Å². The number of halogens is 3. The van der Waals surface area contributed by atoms with E-state index in [1.807, 2.05) is 19.0 Å². The van der Waals surface area contributed by atoms with Crippen LogP contribution < -0.4 is 0 Å². The van der Waals surface area contributed by atoms with E-state index in [2.05, 4.69) is 4.90 Å². The van der Waals surface area contributed by atoms with Gasteiger partial charge in [0.2, 0.25) is 0 Å². The average Bonchev–Trinajstić information content (AvgIpc) is 3.11. The summed E-state index contributed by atoms with van der Waals surface area (Å²) in [7, 11) is 3.64. The first kappa shape index (κ1) is 21.7. The topological polar surface area (TPSA) is 82.5 Å². The summed E-state index contributed by atoms with van der Waals surface area (Å²) in [4.78, 5) is 27.2. The number of carbonyl (C=O) groups is 2. The Kier molecular flexibility index (Phi) is 6.92. The maximum absolute atomic E-state index is 12.2. The highest BCUT2D eigenvalue weighted by Gasteiger charge is 2.52. The molecule has 0 saturated carbocycles. The van der Waals surface area contributed by atoms with Gasteiger partial charge >= 0.3 is 18.2 Å². The Morgan fingerprint density at radius 2 is 1.81 bits per heavy atom. The number of carboxylic acids is 1. The molecule has 0 aromatic carbocycles. The SMILES string of the molecule is CN(C)C(=O)N1C[C@@H]2COC[C@]2(CN2CCOCC2)C1.O=C(O)C(F)(F)F. The van der Waals surface area contributed by atoms with Gasteiger partial charge in [-0.25, -0.2) is 9.59 Å². The quantitative estimate of drug-likeness (QED) is 0.734. The van der Waals surface area contributed by atoms with E-state index in [-0.39, 0.29) is 11.4 Å². The Morgan fingerprint density at radius 3 is 2.33 bits per heavy atom. The summed E-state index contributed by atoms with van der Waals surface area (Å²) in [6, 6.07) is 0.126. The lowest BCUT2D eigenvalue weighted by molar-refractivity contribution is -0.192. The molecule has 3 aliphatic rings. The zero-order valence-corrected chi connectivity index (χ0v) is 15.5. The van der Waals surface area contributed by atoms with E-state index in [1.54, 1.807) is 4.90 Å². The van der Waals surface area contributed by atoms with Crippen molar-refractivity contribution < 1.29 is 37.3 Å². The Morgan fingerprint density at radius 1 is 1.22 bits per heavy atom. The standard InChI is InChI=1S/C14H25N3O3.C2HF3O2/c1-15(2)13(18)17-7-12-8-20-11-14(12,10-17)9-16-3-5-19-6-4-16;3-2(4,5)1(6)7/h12H,3-11H2,1-2H3;(H,6,7)/t12-,14+;/m1./s1. The smallest absolute Gasteiger partial charge is 0.475 e. The molecule has 27 heavy (non-hydrogen) atoms. The van der Waals surface area contributed by atoms with Crippen molar-refractivity contribution in [1.29, 1.82) is 0 Å². The number of fused-ring (bicyclic) bond motifs is 1. The van der Waals surface area contributed by atoms with Crippen molar-refractivity contribution >= 4 is 12.0 Å². The first-order chi connectivity index (χ1) is 12.5. The number of carboxylic acid groups (broad SMARTS) is 1. The minimum absolute atomic E-state index is 0.126. The summed E-state index contributed by atoms with van der Waals surface area (Å²) in [6.07, 6.45) is -5.08. The molecule has 0 aromatic heterocycles. The fraction of sp³-hybridized carbons (Fsp3) is 0.875. The zero-order chi connectivity index (χ0) is 20.2. The van der Waals surface area contributed by atoms with Crippen LogP contribution in [0.25, 0.3) is 0 Å². The van der Waals surface area contributed by atoms with Crippen molar-refractivity contribution in [1.82, 2.24) is 14.7 Å². The molecule has 2 amide bonds. The monoisotopic (exact) mass is 397 g/mol. The minimum Gasteiger partial charge on any atom is -0.475 e. The lowest BCUT2D eigenvalue weighted by Gasteiger charge is -2.36. The van der Waals surface area contributed by atoms with Crippen LogP contribution in [0.3, 0.4) is 0 Å². The molecule has 0 aromatic rings. The van der Waals surface area contributed by atoms with E-state index in [0.717, 1.165) is 59.2 Å². The first-order valence-electron chi connectivity index (χ1n) is 8.69. The first-order valence-corrected chi connectivity index (χ1v) is 8.69. The molecule has 3 saturated heterocycles. The molecule has 0 radical (unpaired) electrons. The van der Waals surface area contributed by atoms with E-state index >= 15 is 0 Å². The second-order valence-corrected chi connectivity index (χ2v) is 7.32. The maximum Gasteiger partial charge on any atom is 0.490 e. The van der Waals surface area contributed by atoms with Crippen LogP contribution in [0.2, 0.25) is 0 Å². The fourth-order valence-electron chi connectivity index (χ4n) is 3.69. The second-order valence-electron chi connectivity index (χ2n) is 7.32. The molecule has 156 valence electrons. The Labute approximate surface area is 155 Å². The summed E-state index contributed by atoms with van der Waals surface area (Å²) in [5.41, 5.74) is 0.128. The van der Waals surface area contributed by atoms with Crippen LogP contribution in [0, 0.1) is 11.3 Å². The molecular weight excluding hydrogens is 371 g/mol. The van der Waals surface area contributed by atoms with Crippen molar-refractivity contribution in [2.24, 2.45) is 11.3 Å². The predicted molar refractivity (Wildman–Crippen MR) is 88.3 cm³/mol.